The number of hydrogen-bond donors (Lipinski definition) is 0. The van der Waals surface area contributed by atoms with E-state index in [1.807, 2.05) is 17.0 Å². The van der Waals surface area contributed by atoms with E-state index in [1.165, 1.54) is 0 Å². The number of benzene rings is 1. The summed E-state index contributed by atoms with van der Waals surface area (Å²) in [6.45, 7) is 6.08. The zero-order chi connectivity index (χ0) is 10.2. The maximum absolute atomic E-state index is 11.8. The number of amides is 1. The third kappa shape index (κ3) is 1.65. The van der Waals surface area contributed by atoms with Crippen LogP contribution in [0.25, 0.3) is 0 Å². The molecule has 2 nitrogen and oxygen atoms in total. The van der Waals surface area contributed by atoms with Gasteiger partial charge in [0, 0.05) is 18.7 Å². The van der Waals surface area contributed by atoms with Crippen molar-refractivity contribution in [1.29, 1.82) is 0 Å². The highest BCUT2D eigenvalue weighted by Gasteiger charge is 2.37. The van der Waals surface area contributed by atoms with Crippen LogP contribution >= 0.6 is 0 Å². The zero-order valence-electron chi connectivity index (χ0n) is 8.58. The highest BCUT2D eigenvalue weighted by atomic mass is 16.2. The normalized spacial score (nSPS) is 18.9. The SMILES string of the molecule is CC1(C)CN(C(=O)c2cc[c]cc2)C1. The Morgan fingerprint density at radius 3 is 2.43 bits per heavy atom. The van der Waals surface area contributed by atoms with Crippen molar-refractivity contribution in [1.82, 2.24) is 4.90 Å². The van der Waals surface area contributed by atoms with Gasteiger partial charge in [-0.1, -0.05) is 26.0 Å². The lowest BCUT2D eigenvalue weighted by molar-refractivity contribution is 0.0236. The van der Waals surface area contributed by atoms with Gasteiger partial charge in [0.25, 0.3) is 5.91 Å². The molecule has 0 aliphatic carbocycles. The lowest BCUT2D eigenvalue weighted by Crippen LogP contribution is -2.55. The molecule has 0 bridgehead atoms. The number of likely N-dealkylation sites (tertiary alicyclic amines) is 1. The largest absolute Gasteiger partial charge is 0.337 e. The molecule has 1 fully saturated rings. The number of carbonyl (C=O) groups is 1. The van der Waals surface area contributed by atoms with Crippen molar-refractivity contribution in [2.45, 2.75) is 13.8 Å². The van der Waals surface area contributed by atoms with E-state index in [0.717, 1.165) is 18.7 Å². The predicted octanol–water partition coefficient (Wildman–Crippen LogP) is 1.97. The Bertz CT molecular complexity index is 335. The number of rotatable bonds is 1. The average Bonchev–Trinajstić information content (AvgIpc) is 2.14. The Hall–Kier alpha value is -1.31. The van der Waals surface area contributed by atoms with Gasteiger partial charge in [0.15, 0.2) is 0 Å². The summed E-state index contributed by atoms with van der Waals surface area (Å²) in [4.78, 5) is 13.7. The van der Waals surface area contributed by atoms with Crippen LogP contribution in [-0.2, 0) is 0 Å². The summed E-state index contributed by atoms with van der Waals surface area (Å²) in [5.74, 6) is 0.137. The Morgan fingerprint density at radius 2 is 1.93 bits per heavy atom. The lowest BCUT2D eigenvalue weighted by Gasteiger charge is -2.45. The predicted molar refractivity (Wildman–Crippen MR) is 55.0 cm³/mol. The topological polar surface area (TPSA) is 20.3 Å². The van der Waals surface area contributed by atoms with Crippen molar-refractivity contribution >= 4 is 5.91 Å². The molecule has 2 rings (SSSR count). The van der Waals surface area contributed by atoms with Crippen LogP contribution in [0.4, 0.5) is 0 Å². The summed E-state index contributed by atoms with van der Waals surface area (Å²) in [5.41, 5.74) is 1.07. The summed E-state index contributed by atoms with van der Waals surface area (Å²) in [6.07, 6.45) is 0. The van der Waals surface area contributed by atoms with E-state index < -0.39 is 0 Å². The van der Waals surface area contributed by atoms with E-state index in [-0.39, 0.29) is 5.91 Å². The molecule has 1 radical (unpaired) electrons. The molecule has 1 aromatic rings. The molecule has 1 amide bonds. The highest BCUT2D eigenvalue weighted by molar-refractivity contribution is 5.94. The molecule has 73 valence electrons. The van der Waals surface area contributed by atoms with Gasteiger partial charge < -0.3 is 4.90 Å². The molecule has 0 aromatic heterocycles. The number of hydrogen-bond acceptors (Lipinski definition) is 1. The molecule has 0 saturated carbocycles. The Morgan fingerprint density at radius 1 is 1.36 bits per heavy atom. The second-order valence-electron chi connectivity index (χ2n) is 4.61. The third-order valence-electron chi connectivity index (χ3n) is 2.49. The zero-order valence-corrected chi connectivity index (χ0v) is 8.58. The minimum absolute atomic E-state index is 0.137. The van der Waals surface area contributed by atoms with Gasteiger partial charge >= 0.3 is 0 Å². The molecule has 0 unspecified atom stereocenters. The van der Waals surface area contributed by atoms with E-state index in [2.05, 4.69) is 19.9 Å². The summed E-state index contributed by atoms with van der Waals surface area (Å²) >= 11 is 0. The van der Waals surface area contributed by atoms with Crippen molar-refractivity contribution in [3.8, 4) is 0 Å². The molecule has 1 aliphatic heterocycles. The van der Waals surface area contributed by atoms with Crippen molar-refractivity contribution in [2.75, 3.05) is 13.1 Å². The molecule has 1 aromatic carbocycles. The van der Waals surface area contributed by atoms with Crippen LogP contribution in [-0.4, -0.2) is 23.9 Å². The summed E-state index contributed by atoms with van der Waals surface area (Å²) in [5, 5.41) is 0. The maximum Gasteiger partial charge on any atom is 0.253 e. The summed E-state index contributed by atoms with van der Waals surface area (Å²) < 4.78 is 0. The van der Waals surface area contributed by atoms with Crippen molar-refractivity contribution in [3.63, 3.8) is 0 Å². The molecule has 14 heavy (non-hydrogen) atoms. The highest BCUT2D eigenvalue weighted by Crippen LogP contribution is 2.29. The Balaban J connectivity index is 2.05. The van der Waals surface area contributed by atoms with Gasteiger partial charge in [0.05, 0.1) is 0 Å². The molecule has 1 aliphatic rings. The van der Waals surface area contributed by atoms with Gasteiger partial charge in [-0.05, 0) is 23.6 Å². The lowest BCUT2D eigenvalue weighted by atomic mass is 9.84. The fourth-order valence-corrected chi connectivity index (χ4v) is 1.84. The van der Waals surface area contributed by atoms with Crippen LogP contribution in [0.5, 0.6) is 0 Å². The molecular formula is C12H14NO. The quantitative estimate of drug-likeness (QED) is 0.659. The van der Waals surface area contributed by atoms with Crippen LogP contribution in [0.15, 0.2) is 24.3 Å². The smallest absolute Gasteiger partial charge is 0.253 e. The third-order valence-corrected chi connectivity index (χ3v) is 2.49. The van der Waals surface area contributed by atoms with Crippen LogP contribution < -0.4 is 0 Å². The van der Waals surface area contributed by atoms with Gasteiger partial charge in [-0.25, -0.2) is 0 Å². The van der Waals surface area contributed by atoms with Crippen LogP contribution in [0, 0.1) is 11.5 Å². The first-order valence-corrected chi connectivity index (χ1v) is 4.84. The fraction of sp³-hybridized carbons (Fsp3) is 0.417. The molecular weight excluding hydrogens is 174 g/mol. The van der Waals surface area contributed by atoms with Crippen molar-refractivity contribution < 1.29 is 4.79 Å². The molecule has 0 N–H and O–H groups in total. The van der Waals surface area contributed by atoms with Gasteiger partial charge in [-0.15, -0.1) is 0 Å². The van der Waals surface area contributed by atoms with Crippen LogP contribution in [0.2, 0.25) is 0 Å². The molecule has 1 heterocycles. The molecule has 0 spiro atoms. The molecule has 2 heteroatoms. The average molecular weight is 188 g/mol. The number of carbonyl (C=O) groups excluding carboxylic acids is 1. The minimum Gasteiger partial charge on any atom is -0.337 e. The fourth-order valence-electron chi connectivity index (χ4n) is 1.84. The van der Waals surface area contributed by atoms with Crippen LogP contribution in [0.1, 0.15) is 24.2 Å². The van der Waals surface area contributed by atoms with Crippen molar-refractivity contribution in [3.05, 3.63) is 35.9 Å². The Labute approximate surface area is 84.5 Å². The van der Waals surface area contributed by atoms with Crippen LogP contribution in [0.3, 0.4) is 0 Å². The second-order valence-corrected chi connectivity index (χ2v) is 4.61. The number of nitrogens with zero attached hydrogens (tertiary/aromatic N) is 1. The van der Waals surface area contributed by atoms with E-state index in [0.29, 0.717) is 5.41 Å². The van der Waals surface area contributed by atoms with Gasteiger partial charge in [0.1, 0.15) is 0 Å². The Kier molecular flexibility index (Phi) is 2.06. The standard InChI is InChI=1S/C12H14NO/c1-12(2)8-13(9-12)11(14)10-6-4-3-5-7-10/h4-7H,8-9H2,1-2H3. The first kappa shape index (κ1) is 9.25. The first-order valence-electron chi connectivity index (χ1n) is 4.84. The first-order chi connectivity index (χ1) is 6.58. The van der Waals surface area contributed by atoms with E-state index in [1.54, 1.807) is 12.1 Å². The monoisotopic (exact) mass is 188 g/mol. The van der Waals surface area contributed by atoms with Crippen molar-refractivity contribution in [2.24, 2.45) is 5.41 Å². The van der Waals surface area contributed by atoms with E-state index >= 15 is 0 Å². The summed E-state index contributed by atoms with van der Waals surface area (Å²) in [7, 11) is 0. The van der Waals surface area contributed by atoms with Gasteiger partial charge in [-0.2, -0.15) is 0 Å². The van der Waals surface area contributed by atoms with E-state index in [9.17, 15) is 4.79 Å². The second kappa shape index (κ2) is 3.12. The minimum atomic E-state index is 0.137. The molecule has 0 atom stereocenters. The van der Waals surface area contributed by atoms with Gasteiger partial charge in [-0.3, -0.25) is 4.79 Å². The van der Waals surface area contributed by atoms with E-state index in [4.69, 9.17) is 0 Å². The summed E-state index contributed by atoms with van der Waals surface area (Å²) in [6, 6.07) is 10.1. The molecule has 1 saturated heterocycles. The van der Waals surface area contributed by atoms with Gasteiger partial charge in [0.2, 0.25) is 0 Å². The maximum atomic E-state index is 11.8.